The molecule has 102 valence electrons. The normalized spacial score (nSPS) is 18.3. The van der Waals surface area contributed by atoms with Crippen LogP contribution < -0.4 is 10.6 Å². The second-order valence-electron chi connectivity index (χ2n) is 5.08. The van der Waals surface area contributed by atoms with Gasteiger partial charge in [0.25, 0.3) is 0 Å². The highest BCUT2D eigenvalue weighted by atomic mass is 16.1. The summed E-state index contributed by atoms with van der Waals surface area (Å²) in [6.07, 6.45) is 2.66. The summed E-state index contributed by atoms with van der Waals surface area (Å²) in [4.78, 5) is 22.9. The van der Waals surface area contributed by atoms with Gasteiger partial charge in [-0.15, -0.1) is 0 Å². The van der Waals surface area contributed by atoms with Crippen LogP contribution in [-0.4, -0.2) is 24.8 Å². The predicted molar refractivity (Wildman–Crippen MR) is 75.3 cm³/mol. The van der Waals surface area contributed by atoms with Gasteiger partial charge in [-0.2, -0.15) is 0 Å². The zero-order chi connectivity index (χ0) is 13.7. The summed E-state index contributed by atoms with van der Waals surface area (Å²) >= 11 is 0. The topological polar surface area (TPSA) is 58.2 Å². The second kappa shape index (κ2) is 6.48. The summed E-state index contributed by atoms with van der Waals surface area (Å²) in [6.45, 7) is 3.63. The van der Waals surface area contributed by atoms with Crippen LogP contribution in [0.15, 0.2) is 24.3 Å². The fourth-order valence-corrected chi connectivity index (χ4v) is 2.31. The first-order chi connectivity index (χ1) is 9.15. The van der Waals surface area contributed by atoms with Gasteiger partial charge in [0, 0.05) is 17.7 Å². The molecule has 4 heteroatoms. The Balaban J connectivity index is 1.79. The number of carbonyl (C=O) groups excluding carboxylic acids is 2. The first-order valence-corrected chi connectivity index (χ1v) is 6.77. The molecule has 0 saturated carbocycles. The molecule has 1 unspecified atom stereocenters. The van der Waals surface area contributed by atoms with Gasteiger partial charge in [-0.1, -0.05) is 0 Å². The number of ketones is 1. The molecule has 0 aromatic heterocycles. The molecular formula is C15H20N2O2. The minimum atomic E-state index is 0.0339. The average Bonchev–Trinajstić information content (AvgIpc) is 2.90. The maximum absolute atomic E-state index is 11.8. The van der Waals surface area contributed by atoms with Crippen molar-refractivity contribution >= 4 is 17.4 Å². The maximum atomic E-state index is 11.8. The molecule has 1 aromatic carbocycles. The number of nitrogens with one attached hydrogen (secondary N) is 2. The molecule has 2 N–H and O–H groups in total. The van der Waals surface area contributed by atoms with E-state index in [0.29, 0.717) is 17.9 Å². The number of benzene rings is 1. The van der Waals surface area contributed by atoms with Crippen molar-refractivity contribution < 1.29 is 9.59 Å². The van der Waals surface area contributed by atoms with Crippen LogP contribution in [0.3, 0.4) is 0 Å². The molecule has 4 nitrogen and oxygen atoms in total. The van der Waals surface area contributed by atoms with Crippen molar-refractivity contribution in [3.8, 4) is 0 Å². The lowest BCUT2D eigenvalue weighted by molar-refractivity contribution is -0.116. The van der Waals surface area contributed by atoms with Gasteiger partial charge in [-0.25, -0.2) is 0 Å². The Morgan fingerprint density at radius 2 is 2.05 bits per heavy atom. The van der Waals surface area contributed by atoms with Crippen molar-refractivity contribution in [3.63, 3.8) is 0 Å². The number of anilines is 1. The number of Topliss-reactive ketones (excluding diaryl/α,β-unsaturated/α-hetero) is 1. The molecule has 1 aliphatic rings. The molecule has 0 bridgehead atoms. The third-order valence-electron chi connectivity index (χ3n) is 3.52. The summed E-state index contributed by atoms with van der Waals surface area (Å²) in [7, 11) is 0. The standard InChI is InChI=1S/C15H20N2O2/c1-11(18)13-3-5-14(6-4-13)17-15(19)7-2-12-8-9-16-10-12/h3-6,12,16H,2,7-10H2,1H3,(H,17,19). The highest BCUT2D eigenvalue weighted by Crippen LogP contribution is 2.15. The van der Waals surface area contributed by atoms with E-state index in [1.54, 1.807) is 24.3 Å². The smallest absolute Gasteiger partial charge is 0.224 e. The highest BCUT2D eigenvalue weighted by Gasteiger charge is 2.15. The zero-order valence-corrected chi connectivity index (χ0v) is 11.2. The van der Waals surface area contributed by atoms with Gasteiger partial charge >= 0.3 is 0 Å². The van der Waals surface area contributed by atoms with Crippen molar-refractivity contribution in [2.24, 2.45) is 5.92 Å². The van der Waals surface area contributed by atoms with Crippen molar-refractivity contribution in [3.05, 3.63) is 29.8 Å². The van der Waals surface area contributed by atoms with Crippen LogP contribution in [0.2, 0.25) is 0 Å². The number of hydrogen-bond donors (Lipinski definition) is 2. The van der Waals surface area contributed by atoms with E-state index in [2.05, 4.69) is 10.6 Å². The van der Waals surface area contributed by atoms with Gasteiger partial charge in [0.1, 0.15) is 0 Å². The Morgan fingerprint density at radius 3 is 2.63 bits per heavy atom. The summed E-state index contributed by atoms with van der Waals surface area (Å²) in [5, 5.41) is 6.16. The predicted octanol–water partition coefficient (Wildman–Crippen LogP) is 2.22. The summed E-state index contributed by atoms with van der Waals surface area (Å²) in [6, 6.07) is 7.01. The Hall–Kier alpha value is -1.68. The lowest BCUT2D eigenvalue weighted by atomic mass is 10.0. The molecule has 0 aliphatic carbocycles. The van der Waals surface area contributed by atoms with Crippen LogP contribution in [0.1, 0.15) is 36.5 Å². The Bertz CT molecular complexity index is 448. The number of rotatable bonds is 5. The van der Waals surface area contributed by atoms with Crippen molar-refractivity contribution in [1.29, 1.82) is 0 Å². The molecule has 0 spiro atoms. The minimum absolute atomic E-state index is 0.0339. The first kappa shape index (κ1) is 13.7. The van der Waals surface area contributed by atoms with Crippen LogP contribution in [0.4, 0.5) is 5.69 Å². The largest absolute Gasteiger partial charge is 0.326 e. The number of amides is 1. The molecule has 1 fully saturated rings. The van der Waals surface area contributed by atoms with Crippen molar-refractivity contribution in [2.45, 2.75) is 26.2 Å². The third kappa shape index (κ3) is 4.17. The summed E-state index contributed by atoms with van der Waals surface area (Å²) < 4.78 is 0. The molecule has 1 saturated heterocycles. The minimum Gasteiger partial charge on any atom is -0.326 e. The highest BCUT2D eigenvalue weighted by molar-refractivity contribution is 5.95. The van der Waals surface area contributed by atoms with Gasteiger partial charge in [0.05, 0.1) is 0 Å². The van der Waals surface area contributed by atoms with Gasteiger partial charge < -0.3 is 10.6 Å². The SMILES string of the molecule is CC(=O)c1ccc(NC(=O)CCC2CCNC2)cc1. The maximum Gasteiger partial charge on any atom is 0.224 e. The zero-order valence-electron chi connectivity index (χ0n) is 11.2. The van der Waals surface area contributed by atoms with Gasteiger partial charge in [-0.05, 0) is 63.0 Å². The fraction of sp³-hybridized carbons (Fsp3) is 0.467. The van der Waals surface area contributed by atoms with Crippen LogP contribution in [-0.2, 0) is 4.79 Å². The number of carbonyl (C=O) groups is 2. The van der Waals surface area contributed by atoms with Crippen LogP contribution in [0, 0.1) is 5.92 Å². The lowest BCUT2D eigenvalue weighted by Gasteiger charge is -2.09. The molecular weight excluding hydrogens is 240 g/mol. The summed E-state index contributed by atoms with van der Waals surface area (Å²) in [5.41, 5.74) is 1.41. The molecule has 1 heterocycles. The third-order valence-corrected chi connectivity index (χ3v) is 3.52. The van der Waals surface area contributed by atoms with Gasteiger partial charge in [0.2, 0.25) is 5.91 Å². The Labute approximate surface area is 113 Å². The van der Waals surface area contributed by atoms with Crippen LogP contribution in [0.25, 0.3) is 0 Å². The van der Waals surface area contributed by atoms with Gasteiger partial charge in [0.15, 0.2) is 5.78 Å². The van der Waals surface area contributed by atoms with E-state index < -0.39 is 0 Å². The van der Waals surface area contributed by atoms with E-state index in [1.807, 2.05) is 0 Å². The molecule has 1 aromatic rings. The van der Waals surface area contributed by atoms with Crippen molar-refractivity contribution in [2.75, 3.05) is 18.4 Å². The van der Waals surface area contributed by atoms with Crippen LogP contribution >= 0.6 is 0 Å². The van der Waals surface area contributed by atoms with E-state index in [4.69, 9.17) is 0 Å². The second-order valence-corrected chi connectivity index (χ2v) is 5.08. The molecule has 2 rings (SSSR count). The molecule has 1 atom stereocenters. The molecule has 0 radical (unpaired) electrons. The number of hydrogen-bond acceptors (Lipinski definition) is 3. The summed E-state index contributed by atoms with van der Waals surface area (Å²) in [5.74, 6) is 0.708. The van der Waals surface area contributed by atoms with E-state index in [-0.39, 0.29) is 11.7 Å². The monoisotopic (exact) mass is 260 g/mol. The molecule has 1 amide bonds. The average molecular weight is 260 g/mol. The first-order valence-electron chi connectivity index (χ1n) is 6.77. The van der Waals surface area contributed by atoms with E-state index in [9.17, 15) is 9.59 Å². The Morgan fingerprint density at radius 1 is 1.32 bits per heavy atom. The van der Waals surface area contributed by atoms with Crippen molar-refractivity contribution in [1.82, 2.24) is 5.32 Å². The van der Waals surface area contributed by atoms with E-state index >= 15 is 0 Å². The Kier molecular flexibility index (Phi) is 4.68. The lowest BCUT2D eigenvalue weighted by Crippen LogP contribution is -2.15. The van der Waals surface area contributed by atoms with E-state index in [1.165, 1.54) is 13.3 Å². The molecule has 19 heavy (non-hydrogen) atoms. The van der Waals surface area contributed by atoms with Crippen LogP contribution in [0.5, 0.6) is 0 Å². The van der Waals surface area contributed by atoms with E-state index in [0.717, 1.165) is 25.2 Å². The quantitative estimate of drug-likeness (QED) is 0.798. The fourth-order valence-electron chi connectivity index (χ4n) is 2.31. The molecule has 1 aliphatic heterocycles. The van der Waals surface area contributed by atoms with Gasteiger partial charge in [-0.3, -0.25) is 9.59 Å².